The number of thioether (sulfide) groups is 1. The maximum atomic E-state index is 13.0. The van der Waals surface area contributed by atoms with E-state index in [1.54, 1.807) is 53.0 Å². The molecule has 2 amide bonds. The number of carbonyl (C=O) groups excluding carboxylic acids is 2. The van der Waals surface area contributed by atoms with Gasteiger partial charge in [0.25, 0.3) is 11.8 Å². The highest BCUT2D eigenvalue weighted by Crippen LogP contribution is 2.21. The summed E-state index contributed by atoms with van der Waals surface area (Å²) in [6, 6.07) is 19.9. The Morgan fingerprint density at radius 2 is 1.83 bits per heavy atom. The van der Waals surface area contributed by atoms with Gasteiger partial charge >= 0.3 is 0 Å². The number of benzene rings is 2. The number of carbonyl (C=O) groups is 2. The molecule has 0 aliphatic rings. The molecule has 2 aromatic heterocycles. The van der Waals surface area contributed by atoms with E-state index in [9.17, 15) is 9.59 Å². The summed E-state index contributed by atoms with van der Waals surface area (Å²) in [6.07, 6.45) is 3.61. The Balaban J connectivity index is 1.47. The van der Waals surface area contributed by atoms with Gasteiger partial charge in [-0.1, -0.05) is 23.4 Å². The second kappa shape index (κ2) is 12.0. The summed E-state index contributed by atoms with van der Waals surface area (Å²) in [7, 11) is 0. The predicted octanol–water partition coefficient (Wildman–Crippen LogP) is 4.00. The molecule has 36 heavy (non-hydrogen) atoms. The first-order valence-electron chi connectivity index (χ1n) is 11.4. The maximum Gasteiger partial charge on any atom is 0.274 e. The molecule has 0 spiro atoms. The van der Waals surface area contributed by atoms with Crippen molar-refractivity contribution in [3.8, 4) is 17.3 Å². The van der Waals surface area contributed by atoms with Crippen molar-refractivity contribution < 1.29 is 14.3 Å². The Labute approximate surface area is 213 Å². The summed E-state index contributed by atoms with van der Waals surface area (Å²) in [5.74, 6) is 1.21. The summed E-state index contributed by atoms with van der Waals surface area (Å²) < 4.78 is 7.41. The SMILES string of the molecule is CCNC(=O)c1ccc(-n2nnc(C(=O)NCc3cccc(Oc4ccccn4)c3)c2CSC)cc1. The largest absolute Gasteiger partial charge is 0.439 e. The average Bonchev–Trinajstić information content (AvgIpc) is 3.32. The van der Waals surface area contributed by atoms with Crippen LogP contribution in [0.2, 0.25) is 0 Å². The minimum Gasteiger partial charge on any atom is -0.439 e. The monoisotopic (exact) mass is 502 g/mol. The predicted molar refractivity (Wildman–Crippen MR) is 139 cm³/mol. The van der Waals surface area contributed by atoms with Crippen LogP contribution in [-0.4, -0.2) is 44.6 Å². The third-order valence-corrected chi connectivity index (χ3v) is 5.74. The molecule has 0 unspecified atom stereocenters. The molecule has 0 aliphatic heterocycles. The highest BCUT2D eigenvalue weighted by atomic mass is 32.2. The molecular weight excluding hydrogens is 476 g/mol. The second-order valence-electron chi connectivity index (χ2n) is 7.74. The first-order chi connectivity index (χ1) is 17.6. The fourth-order valence-electron chi connectivity index (χ4n) is 3.48. The molecule has 10 heteroatoms. The molecule has 0 radical (unpaired) electrons. The summed E-state index contributed by atoms with van der Waals surface area (Å²) >= 11 is 1.56. The van der Waals surface area contributed by atoms with Crippen molar-refractivity contribution >= 4 is 23.6 Å². The molecule has 2 aromatic carbocycles. The standard InChI is InChI=1S/C26H26N6O3S/c1-3-27-25(33)19-10-12-20(13-11-19)32-22(17-36-2)24(30-31-32)26(34)29-16-18-7-6-8-21(15-18)35-23-9-4-5-14-28-23/h4-15H,3,16-17H2,1-2H3,(H,27,33)(H,29,34). The summed E-state index contributed by atoms with van der Waals surface area (Å²) in [4.78, 5) is 29.2. The van der Waals surface area contributed by atoms with Crippen LogP contribution < -0.4 is 15.4 Å². The van der Waals surface area contributed by atoms with Crippen LogP contribution in [0.15, 0.2) is 72.9 Å². The number of aromatic nitrogens is 4. The topological polar surface area (TPSA) is 111 Å². The van der Waals surface area contributed by atoms with Gasteiger partial charge in [-0.05, 0) is 61.2 Å². The molecule has 2 N–H and O–H groups in total. The molecule has 0 fully saturated rings. The Hall–Kier alpha value is -4.18. The van der Waals surface area contributed by atoms with Crippen LogP contribution >= 0.6 is 11.8 Å². The highest BCUT2D eigenvalue weighted by Gasteiger charge is 2.20. The molecule has 0 atom stereocenters. The number of ether oxygens (including phenoxy) is 1. The van der Waals surface area contributed by atoms with Crippen LogP contribution in [0.4, 0.5) is 0 Å². The first-order valence-corrected chi connectivity index (χ1v) is 12.8. The lowest BCUT2D eigenvalue weighted by atomic mass is 10.2. The van der Waals surface area contributed by atoms with Gasteiger partial charge in [0.1, 0.15) is 5.75 Å². The van der Waals surface area contributed by atoms with E-state index in [1.807, 2.05) is 49.6 Å². The Kier molecular flexibility index (Phi) is 8.30. The van der Waals surface area contributed by atoms with Crippen molar-refractivity contribution in [1.82, 2.24) is 30.6 Å². The zero-order valence-electron chi connectivity index (χ0n) is 20.0. The van der Waals surface area contributed by atoms with Crippen LogP contribution in [0.5, 0.6) is 11.6 Å². The smallest absolute Gasteiger partial charge is 0.274 e. The number of nitrogens with zero attached hydrogens (tertiary/aromatic N) is 4. The zero-order chi connectivity index (χ0) is 25.3. The molecule has 0 saturated heterocycles. The van der Waals surface area contributed by atoms with Crippen LogP contribution in [0, 0.1) is 0 Å². The Morgan fingerprint density at radius 3 is 2.56 bits per heavy atom. The van der Waals surface area contributed by atoms with Crippen LogP contribution in [0.3, 0.4) is 0 Å². The van der Waals surface area contributed by atoms with E-state index < -0.39 is 0 Å². The fourth-order valence-corrected chi connectivity index (χ4v) is 4.01. The summed E-state index contributed by atoms with van der Waals surface area (Å²) in [5.41, 5.74) is 3.09. The average molecular weight is 503 g/mol. The second-order valence-corrected chi connectivity index (χ2v) is 8.60. The maximum absolute atomic E-state index is 13.0. The van der Waals surface area contributed by atoms with Crippen LogP contribution in [0.25, 0.3) is 5.69 Å². The first kappa shape index (κ1) is 24.9. The van der Waals surface area contributed by atoms with Gasteiger partial charge in [-0.25, -0.2) is 9.67 Å². The van der Waals surface area contributed by atoms with Gasteiger partial charge in [-0.15, -0.1) is 5.10 Å². The van der Waals surface area contributed by atoms with Crippen molar-refractivity contribution in [2.24, 2.45) is 0 Å². The minimum atomic E-state index is -0.319. The van der Waals surface area contributed by atoms with E-state index in [0.717, 1.165) is 11.3 Å². The molecule has 0 saturated carbocycles. The van der Waals surface area contributed by atoms with E-state index in [-0.39, 0.29) is 17.5 Å². The number of rotatable bonds is 10. The minimum absolute atomic E-state index is 0.137. The molecule has 2 heterocycles. The molecule has 9 nitrogen and oxygen atoms in total. The number of hydrogen-bond acceptors (Lipinski definition) is 7. The molecular formula is C26H26N6O3S. The molecule has 0 bridgehead atoms. The molecule has 184 valence electrons. The van der Waals surface area contributed by atoms with E-state index in [0.29, 0.717) is 41.7 Å². The third kappa shape index (κ3) is 6.08. The van der Waals surface area contributed by atoms with Crippen molar-refractivity contribution in [1.29, 1.82) is 0 Å². The van der Waals surface area contributed by atoms with Crippen LogP contribution in [0.1, 0.15) is 39.0 Å². The highest BCUT2D eigenvalue weighted by molar-refractivity contribution is 7.97. The Bertz CT molecular complexity index is 1330. The van der Waals surface area contributed by atoms with Gasteiger partial charge in [0.2, 0.25) is 5.88 Å². The molecule has 0 aliphatic carbocycles. The lowest BCUT2D eigenvalue weighted by Crippen LogP contribution is -2.24. The summed E-state index contributed by atoms with van der Waals surface area (Å²) in [6.45, 7) is 2.72. The van der Waals surface area contributed by atoms with Gasteiger partial charge in [-0.2, -0.15) is 11.8 Å². The van der Waals surface area contributed by atoms with Crippen LogP contribution in [-0.2, 0) is 12.3 Å². The summed E-state index contributed by atoms with van der Waals surface area (Å²) in [5, 5.41) is 14.1. The van der Waals surface area contributed by atoms with Crippen molar-refractivity contribution in [2.75, 3.05) is 12.8 Å². The van der Waals surface area contributed by atoms with Crippen molar-refractivity contribution in [3.05, 3.63) is 95.4 Å². The number of hydrogen-bond donors (Lipinski definition) is 2. The van der Waals surface area contributed by atoms with Gasteiger partial charge in [0.15, 0.2) is 5.69 Å². The molecule has 4 aromatic rings. The fraction of sp³-hybridized carbons (Fsp3) is 0.192. The van der Waals surface area contributed by atoms with E-state index >= 15 is 0 Å². The Morgan fingerprint density at radius 1 is 1.00 bits per heavy atom. The third-order valence-electron chi connectivity index (χ3n) is 5.18. The quantitative estimate of drug-likeness (QED) is 0.337. The van der Waals surface area contributed by atoms with Gasteiger partial charge in [-0.3, -0.25) is 9.59 Å². The normalized spacial score (nSPS) is 10.6. The van der Waals surface area contributed by atoms with E-state index in [1.165, 1.54) is 0 Å². The number of amides is 2. The van der Waals surface area contributed by atoms with E-state index in [4.69, 9.17) is 4.74 Å². The van der Waals surface area contributed by atoms with E-state index in [2.05, 4.69) is 25.9 Å². The van der Waals surface area contributed by atoms with Crippen molar-refractivity contribution in [2.45, 2.75) is 19.2 Å². The molecule has 4 rings (SSSR count). The number of nitrogens with one attached hydrogen (secondary N) is 2. The van der Waals surface area contributed by atoms with Gasteiger partial charge in [0.05, 0.1) is 11.4 Å². The lowest BCUT2D eigenvalue weighted by Gasteiger charge is -2.09. The van der Waals surface area contributed by atoms with Gasteiger partial charge in [0, 0.05) is 36.7 Å². The van der Waals surface area contributed by atoms with Gasteiger partial charge < -0.3 is 15.4 Å². The zero-order valence-corrected chi connectivity index (χ0v) is 20.8. The van der Waals surface area contributed by atoms with Crippen molar-refractivity contribution in [3.63, 3.8) is 0 Å². The number of pyridine rings is 1. The lowest BCUT2D eigenvalue weighted by molar-refractivity contribution is 0.0940.